The minimum atomic E-state index is -0.979. The topological polar surface area (TPSA) is 89.6 Å². The molecule has 0 radical (unpaired) electrons. The first-order valence-electron chi connectivity index (χ1n) is 16.4. The zero-order valence-electron chi connectivity index (χ0n) is 29.0. The number of carboxylic acids is 1. The summed E-state index contributed by atoms with van der Waals surface area (Å²) in [5, 5.41) is 16.1. The number of halogens is 1. The molecular weight excluding hydrogens is 624 g/mol. The van der Waals surface area contributed by atoms with Crippen LogP contribution in [0.1, 0.15) is 68.1 Å². The highest BCUT2D eigenvalue weighted by atomic mass is 35.5. The van der Waals surface area contributed by atoms with Crippen LogP contribution in [0.15, 0.2) is 48.5 Å². The van der Waals surface area contributed by atoms with Gasteiger partial charge in [-0.15, -0.1) is 0 Å². The lowest BCUT2D eigenvalue weighted by molar-refractivity contribution is -0.118. The molecule has 0 unspecified atom stereocenters. The van der Waals surface area contributed by atoms with Gasteiger partial charge in [0.1, 0.15) is 5.75 Å². The number of carboxylic acid groups (broad SMARTS) is 1. The van der Waals surface area contributed by atoms with E-state index in [0.29, 0.717) is 19.7 Å². The molecule has 0 fully saturated rings. The van der Waals surface area contributed by atoms with E-state index >= 15 is 0 Å². The summed E-state index contributed by atoms with van der Waals surface area (Å²) < 4.78 is 10.5. The van der Waals surface area contributed by atoms with Crippen LogP contribution in [0.2, 0.25) is 5.02 Å². The zero-order valence-corrected chi connectivity index (χ0v) is 29.7. The number of benzene rings is 3. The van der Waals surface area contributed by atoms with E-state index in [1.54, 1.807) is 23.1 Å². The third-order valence-electron chi connectivity index (χ3n) is 9.37. The Labute approximate surface area is 287 Å². The van der Waals surface area contributed by atoms with Crippen molar-refractivity contribution in [1.82, 2.24) is 19.2 Å². The minimum absolute atomic E-state index is 0.216. The van der Waals surface area contributed by atoms with Crippen molar-refractivity contribution in [3.63, 3.8) is 0 Å². The molecule has 0 bridgehead atoms. The van der Waals surface area contributed by atoms with Gasteiger partial charge in [0.05, 0.1) is 23.4 Å². The molecule has 5 aromatic rings. The summed E-state index contributed by atoms with van der Waals surface area (Å²) in [5.74, 6) is -0.143. The number of amides is 1. The van der Waals surface area contributed by atoms with E-state index in [0.717, 1.165) is 76.6 Å². The molecule has 5 rings (SSSR count). The van der Waals surface area contributed by atoms with E-state index in [1.165, 1.54) is 33.3 Å². The Hall–Kier alpha value is -4.56. The normalized spacial score (nSPS) is 11.3. The van der Waals surface area contributed by atoms with Crippen LogP contribution in [0.3, 0.4) is 0 Å². The summed E-state index contributed by atoms with van der Waals surface area (Å²) in [4.78, 5) is 25.3. The van der Waals surface area contributed by atoms with Crippen molar-refractivity contribution in [1.29, 1.82) is 0 Å². The van der Waals surface area contributed by atoms with Gasteiger partial charge in [-0.2, -0.15) is 5.10 Å². The maximum absolute atomic E-state index is 12.1. The minimum Gasteiger partial charge on any atom is -0.494 e. The van der Waals surface area contributed by atoms with Gasteiger partial charge in [0.25, 0.3) is 0 Å². The van der Waals surface area contributed by atoms with Crippen LogP contribution in [0, 0.1) is 41.5 Å². The van der Waals surface area contributed by atoms with Crippen molar-refractivity contribution in [3.8, 4) is 16.9 Å². The fourth-order valence-corrected chi connectivity index (χ4v) is 6.96. The Morgan fingerprint density at radius 2 is 1.69 bits per heavy atom. The molecule has 252 valence electrons. The maximum atomic E-state index is 12.1. The van der Waals surface area contributed by atoms with Crippen LogP contribution in [-0.4, -0.2) is 49.9 Å². The standard InChI is InChI=1S/C39H45ClN4O4/c1-24-14-15-34-33(13-9-18-48-32-19-25(2)37(40)26(3)20-32)28(5)44(38(34)35(24)36-27(4)41-42(7)29(36)6)17-10-16-43(23-45)22-30-11-8-12-31(21-30)39(46)47/h8,11-12,14-15,19-21,23H,9-10,13,16-18,22H2,1-7H3,(H,46,47). The molecule has 0 saturated heterocycles. The van der Waals surface area contributed by atoms with Crippen molar-refractivity contribution in [2.45, 2.75) is 73.9 Å². The average Bonchev–Trinajstić information content (AvgIpc) is 3.46. The number of ether oxygens (including phenoxy) is 1. The van der Waals surface area contributed by atoms with E-state index in [9.17, 15) is 14.7 Å². The highest BCUT2D eigenvalue weighted by molar-refractivity contribution is 6.32. The van der Waals surface area contributed by atoms with Gasteiger partial charge in [0, 0.05) is 59.6 Å². The number of nitrogens with zero attached hydrogens (tertiary/aromatic N) is 4. The van der Waals surface area contributed by atoms with Gasteiger partial charge in [-0.05, 0) is 113 Å². The largest absolute Gasteiger partial charge is 0.494 e. The van der Waals surface area contributed by atoms with E-state index in [1.807, 2.05) is 43.8 Å². The summed E-state index contributed by atoms with van der Waals surface area (Å²) >= 11 is 6.37. The molecule has 8 nitrogen and oxygen atoms in total. The fourth-order valence-electron chi connectivity index (χ4n) is 6.85. The van der Waals surface area contributed by atoms with Crippen molar-refractivity contribution in [2.75, 3.05) is 13.2 Å². The van der Waals surface area contributed by atoms with Gasteiger partial charge in [-0.3, -0.25) is 9.48 Å². The molecular formula is C39H45ClN4O4. The molecule has 2 aromatic heterocycles. The number of fused-ring (bicyclic) bond motifs is 1. The highest BCUT2D eigenvalue weighted by Gasteiger charge is 2.23. The molecule has 0 spiro atoms. The zero-order chi connectivity index (χ0) is 34.7. The number of carbonyl (C=O) groups is 2. The molecule has 1 N–H and O–H groups in total. The second-order valence-electron chi connectivity index (χ2n) is 12.8. The van der Waals surface area contributed by atoms with Crippen LogP contribution in [0.5, 0.6) is 5.75 Å². The molecule has 0 saturated carbocycles. The second-order valence-corrected chi connectivity index (χ2v) is 13.2. The Morgan fingerprint density at radius 1 is 0.958 bits per heavy atom. The van der Waals surface area contributed by atoms with E-state index in [2.05, 4.69) is 44.4 Å². The Balaban J connectivity index is 1.44. The molecule has 48 heavy (non-hydrogen) atoms. The van der Waals surface area contributed by atoms with E-state index in [4.69, 9.17) is 21.4 Å². The molecule has 0 aliphatic rings. The molecule has 0 atom stereocenters. The second kappa shape index (κ2) is 14.7. The van der Waals surface area contributed by atoms with Crippen molar-refractivity contribution in [3.05, 3.63) is 104 Å². The Morgan fingerprint density at radius 3 is 2.33 bits per heavy atom. The summed E-state index contributed by atoms with van der Waals surface area (Å²) in [6, 6.07) is 15.2. The van der Waals surface area contributed by atoms with Crippen molar-refractivity contribution in [2.24, 2.45) is 7.05 Å². The lowest BCUT2D eigenvalue weighted by Gasteiger charge is -2.19. The lowest BCUT2D eigenvalue weighted by Crippen LogP contribution is -2.24. The smallest absolute Gasteiger partial charge is 0.335 e. The maximum Gasteiger partial charge on any atom is 0.335 e. The fraction of sp³-hybridized carbons (Fsp3) is 0.359. The number of hydrogen-bond acceptors (Lipinski definition) is 4. The van der Waals surface area contributed by atoms with E-state index < -0.39 is 5.97 Å². The SMILES string of the molecule is Cc1cc(OCCCc2c(C)n(CCCN(C=O)Cc3cccc(C(=O)O)c3)c3c(-c4c(C)nn(C)c4C)c(C)ccc23)cc(C)c1Cl. The van der Waals surface area contributed by atoms with Crippen LogP contribution in [-0.2, 0) is 31.4 Å². The van der Waals surface area contributed by atoms with Crippen LogP contribution >= 0.6 is 11.6 Å². The number of rotatable bonds is 14. The molecule has 0 aliphatic heterocycles. The molecule has 2 heterocycles. The molecule has 3 aromatic carbocycles. The summed E-state index contributed by atoms with van der Waals surface area (Å²) in [7, 11) is 1.99. The first-order valence-corrected chi connectivity index (χ1v) is 16.8. The van der Waals surface area contributed by atoms with Gasteiger partial charge >= 0.3 is 5.97 Å². The third kappa shape index (κ3) is 7.14. The van der Waals surface area contributed by atoms with Crippen molar-refractivity contribution >= 4 is 34.9 Å². The highest BCUT2D eigenvalue weighted by Crippen LogP contribution is 2.40. The first kappa shape index (κ1) is 34.8. The molecule has 9 heteroatoms. The third-order valence-corrected chi connectivity index (χ3v) is 9.96. The monoisotopic (exact) mass is 668 g/mol. The first-order chi connectivity index (χ1) is 22.9. The van der Waals surface area contributed by atoms with Crippen molar-refractivity contribution < 1.29 is 19.4 Å². The Kier molecular flexibility index (Phi) is 10.6. The van der Waals surface area contributed by atoms with Gasteiger partial charge in [-0.1, -0.05) is 35.9 Å². The number of aromatic nitrogens is 3. The summed E-state index contributed by atoms with van der Waals surface area (Å²) in [5.41, 5.74) is 12.4. The number of carbonyl (C=O) groups excluding carboxylic acids is 1. The number of hydrogen-bond donors (Lipinski definition) is 1. The quantitative estimate of drug-likeness (QED) is 0.0950. The lowest BCUT2D eigenvalue weighted by atomic mass is 9.94. The average molecular weight is 669 g/mol. The molecule has 0 aliphatic carbocycles. The van der Waals surface area contributed by atoms with E-state index in [-0.39, 0.29) is 5.56 Å². The van der Waals surface area contributed by atoms with Crippen LogP contribution in [0.25, 0.3) is 22.0 Å². The predicted molar refractivity (Wildman–Crippen MR) is 192 cm³/mol. The van der Waals surface area contributed by atoms with Gasteiger partial charge in [-0.25, -0.2) is 4.79 Å². The summed E-state index contributed by atoms with van der Waals surface area (Å²) in [6.45, 7) is 14.7. The van der Waals surface area contributed by atoms with Gasteiger partial charge in [0.15, 0.2) is 0 Å². The number of aromatic carboxylic acids is 1. The van der Waals surface area contributed by atoms with Crippen LogP contribution < -0.4 is 4.74 Å². The summed E-state index contributed by atoms with van der Waals surface area (Å²) in [6.07, 6.45) is 3.29. The predicted octanol–water partition coefficient (Wildman–Crippen LogP) is 8.30. The Bertz CT molecular complexity index is 1970. The van der Waals surface area contributed by atoms with Crippen LogP contribution in [0.4, 0.5) is 0 Å². The number of aryl methyl sites for hydroxylation is 7. The molecule has 1 amide bonds. The van der Waals surface area contributed by atoms with Gasteiger partial charge in [0.2, 0.25) is 6.41 Å². The van der Waals surface area contributed by atoms with Gasteiger partial charge < -0.3 is 19.3 Å².